The summed E-state index contributed by atoms with van der Waals surface area (Å²) in [4.78, 5) is 18.2. The number of aryl methyl sites for hydroxylation is 2. The van der Waals surface area contributed by atoms with Gasteiger partial charge in [0.05, 0.1) is 11.0 Å². The lowest BCUT2D eigenvalue weighted by atomic mass is 9.90. The zero-order valence-electron chi connectivity index (χ0n) is 13.4. The van der Waals surface area contributed by atoms with Gasteiger partial charge >= 0.3 is 6.18 Å². The molecule has 0 radical (unpaired) electrons. The zero-order valence-corrected chi connectivity index (χ0v) is 13.4. The third kappa shape index (κ3) is 2.64. The number of alkyl halides is 3. The average Bonchev–Trinajstić information content (AvgIpc) is 2.80. The first-order valence-corrected chi connectivity index (χ1v) is 7.64. The number of benzene rings is 1. The Morgan fingerprint density at radius 3 is 2.50 bits per heavy atom. The lowest BCUT2D eigenvalue weighted by molar-refractivity contribution is -0.271. The minimum Gasteiger partial charge on any atom is -0.380 e. The van der Waals surface area contributed by atoms with Crippen molar-refractivity contribution < 1.29 is 23.1 Å². The average molecular weight is 341 g/mol. The molecule has 2 aromatic rings. The van der Waals surface area contributed by atoms with Crippen LogP contribution in [0.2, 0.25) is 0 Å². The van der Waals surface area contributed by atoms with Crippen LogP contribution >= 0.6 is 0 Å². The third-order valence-corrected chi connectivity index (χ3v) is 4.76. The molecule has 0 unspecified atom stereocenters. The van der Waals surface area contributed by atoms with Crippen LogP contribution in [0.15, 0.2) is 18.2 Å². The molecule has 0 saturated carbocycles. The number of nitrogens with zero attached hydrogens (tertiary/aromatic N) is 3. The number of halogens is 3. The molecule has 3 rings (SSSR count). The fraction of sp³-hybridized carbons (Fsp3) is 0.500. The van der Waals surface area contributed by atoms with E-state index in [9.17, 15) is 23.1 Å². The van der Waals surface area contributed by atoms with Crippen LogP contribution in [0.1, 0.15) is 29.0 Å². The van der Waals surface area contributed by atoms with Gasteiger partial charge in [0, 0.05) is 38.5 Å². The number of hydrogen-bond donors (Lipinski definition) is 1. The van der Waals surface area contributed by atoms with E-state index in [1.54, 1.807) is 18.2 Å². The Hall–Kier alpha value is -2.09. The van der Waals surface area contributed by atoms with Crippen molar-refractivity contribution in [1.82, 2.24) is 14.5 Å². The van der Waals surface area contributed by atoms with Crippen LogP contribution in [-0.4, -0.2) is 50.3 Å². The van der Waals surface area contributed by atoms with Gasteiger partial charge in [-0.3, -0.25) is 4.79 Å². The maximum Gasteiger partial charge on any atom is 0.417 e. The van der Waals surface area contributed by atoms with Crippen LogP contribution in [0.5, 0.6) is 0 Å². The third-order valence-electron chi connectivity index (χ3n) is 4.76. The second kappa shape index (κ2) is 5.47. The Bertz CT molecular complexity index is 790. The molecule has 1 aromatic carbocycles. The fourth-order valence-electron chi connectivity index (χ4n) is 3.00. The first kappa shape index (κ1) is 16.8. The van der Waals surface area contributed by atoms with Gasteiger partial charge < -0.3 is 14.6 Å². The molecule has 1 saturated heterocycles. The van der Waals surface area contributed by atoms with Crippen molar-refractivity contribution in [3.63, 3.8) is 0 Å². The van der Waals surface area contributed by atoms with E-state index in [2.05, 4.69) is 4.98 Å². The van der Waals surface area contributed by atoms with Crippen LogP contribution in [0.4, 0.5) is 13.2 Å². The molecule has 0 spiro atoms. The summed E-state index contributed by atoms with van der Waals surface area (Å²) in [5.74, 6) is 0.465. The van der Waals surface area contributed by atoms with Crippen LogP contribution in [0.3, 0.4) is 0 Å². The largest absolute Gasteiger partial charge is 0.417 e. The van der Waals surface area contributed by atoms with E-state index in [0.29, 0.717) is 11.1 Å². The first-order chi connectivity index (χ1) is 11.1. The van der Waals surface area contributed by atoms with E-state index in [1.807, 2.05) is 18.5 Å². The number of carbonyl (C=O) groups excluding carboxylic acids is 1. The summed E-state index contributed by atoms with van der Waals surface area (Å²) >= 11 is 0. The number of rotatable bonds is 1. The van der Waals surface area contributed by atoms with E-state index in [0.717, 1.165) is 11.3 Å². The van der Waals surface area contributed by atoms with Crippen molar-refractivity contribution in [2.45, 2.75) is 31.5 Å². The lowest BCUT2D eigenvalue weighted by Crippen LogP contribution is -2.54. The van der Waals surface area contributed by atoms with Gasteiger partial charge in [-0.2, -0.15) is 13.2 Å². The summed E-state index contributed by atoms with van der Waals surface area (Å²) in [6, 6.07) is 5.07. The van der Waals surface area contributed by atoms with Gasteiger partial charge in [0.15, 0.2) is 5.60 Å². The number of fused-ring (bicyclic) bond motifs is 1. The van der Waals surface area contributed by atoms with Gasteiger partial charge in [0.25, 0.3) is 5.91 Å². The quantitative estimate of drug-likeness (QED) is 0.867. The topological polar surface area (TPSA) is 58.4 Å². The minimum atomic E-state index is -4.67. The number of hydrogen-bond acceptors (Lipinski definition) is 3. The highest BCUT2D eigenvalue weighted by Crippen LogP contribution is 2.38. The van der Waals surface area contributed by atoms with Gasteiger partial charge in [-0.15, -0.1) is 0 Å². The SMILES string of the molecule is Cc1nc2cc(C(=O)N3CCC(O)(C(F)(F)F)CC3)ccc2n1C. The van der Waals surface area contributed by atoms with Crippen LogP contribution < -0.4 is 0 Å². The summed E-state index contributed by atoms with van der Waals surface area (Å²) in [6.45, 7) is 1.59. The van der Waals surface area contributed by atoms with E-state index in [-0.39, 0.29) is 19.0 Å². The Morgan fingerprint density at radius 1 is 1.29 bits per heavy atom. The molecule has 130 valence electrons. The number of imidazole rings is 1. The number of likely N-dealkylation sites (tertiary alicyclic amines) is 1. The van der Waals surface area contributed by atoms with Crippen LogP contribution in [0, 0.1) is 6.92 Å². The van der Waals surface area contributed by atoms with Gasteiger partial charge in [-0.25, -0.2) is 4.98 Å². The van der Waals surface area contributed by atoms with E-state index < -0.39 is 24.6 Å². The second-order valence-electron chi connectivity index (χ2n) is 6.24. The van der Waals surface area contributed by atoms with Crippen molar-refractivity contribution in [2.24, 2.45) is 7.05 Å². The van der Waals surface area contributed by atoms with E-state index in [4.69, 9.17) is 0 Å². The fourth-order valence-corrected chi connectivity index (χ4v) is 3.00. The summed E-state index contributed by atoms with van der Waals surface area (Å²) in [5.41, 5.74) is -0.761. The Labute approximate surface area is 136 Å². The number of piperidine rings is 1. The molecule has 1 aromatic heterocycles. The van der Waals surface area contributed by atoms with Gasteiger partial charge in [-0.05, 0) is 25.1 Å². The monoisotopic (exact) mass is 341 g/mol. The van der Waals surface area contributed by atoms with Crippen molar-refractivity contribution in [3.8, 4) is 0 Å². The maximum absolute atomic E-state index is 12.8. The minimum absolute atomic E-state index is 0.131. The van der Waals surface area contributed by atoms with E-state index in [1.165, 1.54) is 4.90 Å². The standard InChI is InChI=1S/C16H18F3N3O2/c1-10-20-12-9-11(3-4-13(12)21(10)2)14(23)22-7-5-15(24,6-8-22)16(17,18)19/h3-4,9,24H,5-8H2,1-2H3. The smallest absolute Gasteiger partial charge is 0.380 e. The Kier molecular flexibility index (Phi) is 3.82. The molecule has 1 amide bonds. The molecular weight excluding hydrogens is 323 g/mol. The van der Waals surface area contributed by atoms with Crippen LogP contribution in [-0.2, 0) is 7.05 Å². The van der Waals surface area contributed by atoms with Crippen molar-refractivity contribution >= 4 is 16.9 Å². The summed E-state index contributed by atoms with van der Waals surface area (Å²) in [5, 5.41) is 9.68. The van der Waals surface area contributed by atoms with Crippen molar-refractivity contribution in [3.05, 3.63) is 29.6 Å². The molecule has 1 N–H and O–H groups in total. The van der Waals surface area contributed by atoms with Crippen molar-refractivity contribution in [2.75, 3.05) is 13.1 Å². The summed E-state index contributed by atoms with van der Waals surface area (Å²) in [6.07, 6.45) is -5.69. The molecule has 0 bridgehead atoms. The number of aromatic nitrogens is 2. The highest BCUT2D eigenvalue weighted by atomic mass is 19.4. The zero-order chi connectivity index (χ0) is 17.7. The molecule has 8 heteroatoms. The summed E-state index contributed by atoms with van der Waals surface area (Å²) in [7, 11) is 1.87. The van der Waals surface area contributed by atoms with Gasteiger partial charge in [0.2, 0.25) is 0 Å². The molecule has 1 aliphatic rings. The number of carbonyl (C=O) groups is 1. The van der Waals surface area contributed by atoms with Gasteiger partial charge in [0.1, 0.15) is 5.82 Å². The molecule has 5 nitrogen and oxygen atoms in total. The second-order valence-corrected chi connectivity index (χ2v) is 6.24. The molecule has 1 aliphatic heterocycles. The predicted molar refractivity (Wildman–Crippen MR) is 81.6 cm³/mol. The Balaban J connectivity index is 1.78. The molecule has 2 heterocycles. The lowest BCUT2D eigenvalue weighted by Gasteiger charge is -2.39. The maximum atomic E-state index is 12.8. The molecule has 0 aliphatic carbocycles. The first-order valence-electron chi connectivity index (χ1n) is 7.64. The summed E-state index contributed by atoms with van der Waals surface area (Å²) < 4.78 is 40.4. The highest BCUT2D eigenvalue weighted by molar-refractivity contribution is 5.97. The van der Waals surface area contributed by atoms with Gasteiger partial charge in [-0.1, -0.05) is 0 Å². The molecule has 24 heavy (non-hydrogen) atoms. The molecule has 0 atom stereocenters. The van der Waals surface area contributed by atoms with Crippen LogP contribution in [0.25, 0.3) is 11.0 Å². The molecular formula is C16H18F3N3O2. The Morgan fingerprint density at radius 2 is 1.92 bits per heavy atom. The predicted octanol–water partition coefficient (Wildman–Crippen LogP) is 2.41. The highest BCUT2D eigenvalue weighted by Gasteiger charge is 2.54. The number of amides is 1. The molecule has 1 fully saturated rings. The normalized spacial score (nSPS) is 18.2. The van der Waals surface area contributed by atoms with E-state index >= 15 is 0 Å². The number of aliphatic hydroxyl groups is 1. The van der Waals surface area contributed by atoms with Crippen molar-refractivity contribution in [1.29, 1.82) is 0 Å².